The van der Waals surface area contributed by atoms with E-state index in [0.717, 1.165) is 30.3 Å². The van der Waals surface area contributed by atoms with Crippen LogP contribution in [0.2, 0.25) is 5.02 Å². The monoisotopic (exact) mass is 304 g/mol. The number of hydrogen-bond acceptors (Lipinski definition) is 3. The largest absolute Gasteiger partial charge is 0.380 e. The van der Waals surface area contributed by atoms with Crippen LogP contribution >= 0.6 is 11.6 Å². The number of pyridine rings is 1. The Hall–Kier alpha value is -1.65. The van der Waals surface area contributed by atoms with E-state index in [4.69, 9.17) is 16.3 Å². The summed E-state index contributed by atoms with van der Waals surface area (Å²) in [6.07, 6.45) is 2.05. The lowest BCUT2D eigenvalue weighted by Gasteiger charge is -2.31. The van der Waals surface area contributed by atoms with Gasteiger partial charge in [0, 0.05) is 25.6 Å². The van der Waals surface area contributed by atoms with E-state index in [1.54, 1.807) is 18.1 Å². The van der Waals surface area contributed by atoms with E-state index >= 15 is 0 Å². The molecule has 1 atom stereocenters. The molecule has 1 aromatic carbocycles. The third-order valence-electron chi connectivity index (χ3n) is 3.88. The zero-order valence-electron chi connectivity index (χ0n) is 11.9. The molecule has 1 saturated heterocycles. The summed E-state index contributed by atoms with van der Waals surface area (Å²) in [6.45, 7) is 1.35. The first kappa shape index (κ1) is 14.3. The first-order valence-corrected chi connectivity index (χ1v) is 7.44. The first-order valence-electron chi connectivity index (χ1n) is 7.06. The van der Waals surface area contributed by atoms with Gasteiger partial charge in [-0.1, -0.05) is 29.8 Å². The number of amides is 1. The Morgan fingerprint density at radius 3 is 3.05 bits per heavy atom. The van der Waals surface area contributed by atoms with Crippen LogP contribution in [0, 0.1) is 0 Å². The second kappa shape index (κ2) is 6.00. The van der Waals surface area contributed by atoms with E-state index in [2.05, 4.69) is 4.98 Å². The molecular weight excluding hydrogens is 288 g/mol. The van der Waals surface area contributed by atoms with Gasteiger partial charge in [-0.05, 0) is 25.0 Å². The van der Waals surface area contributed by atoms with E-state index in [1.165, 1.54) is 0 Å². The van der Waals surface area contributed by atoms with Crippen LogP contribution in [0.25, 0.3) is 10.9 Å². The maximum Gasteiger partial charge on any atom is 0.272 e. The molecule has 0 bridgehead atoms. The maximum atomic E-state index is 12.6. The van der Waals surface area contributed by atoms with Crippen molar-refractivity contribution in [3.05, 3.63) is 41.0 Å². The van der Waals surface area contributed by atoms with Crippen molar-refractivity contribution < 1.29 is 9.53 Å². The van der Waals surface area contributed by atoms with E-state index in [1.807, 2.05) is 24.3 Å². The second-order valence-corrected chi connectivity index (χ2v) is 5.66. The topological polar surface area (TPSA) is 42.4 Å². The van der Waals surface area contributed by atoms with Crippen molar-refractivity contribution in [1.29, 1.82) is 0 Å². The number of benzene rings is 1. The fourth-order valence-corrected chi connectivity index (χ4v) is 2.98. The third-order valence-corrected chi connectivity index (χ3v) is 4.20. The predicted octanol–water partition coefficient (Wildman–Crippen LogP) is 3.14. The minimum atomic E-state index is -0.0793. The molecule has 0 saturated carbocycles. The number of methoxy groups -OCH3 is 1. The summed E-state index contributed by atoms with van der Waals surface area (Å²) in [5.41, 5.74) is 1.14. The zero-order chi connectivity index (χ0) is 14.8. The Morgan fingerprint density at radius 2 is 2.24 bits per heavy atom. The van der Waals surface area contributed by atoms with Crippen LogP contribution in [0.1, 0.15) is 23.3 Å². The van der Waals surface area contributed by atoms with Crippen molar-refractivity contribution in [3.8, 4) is 0 Å². The van der Waals surface area contributed by atoms with Gasteiger partial charge in [-0.2, -0.15) is 0 Å². The molecule has 1 aliphatic heterocycles. The van der Waals surface area contributed by atoms with Crippen molar-refractivity contribution in [3.63, 3.8) is 0 Å². The number of aromatic nitrogens is 1. The smallest absolute Gasteiger partial charge is 0.272 e. The number of ether oxygens (including phenoxy) is 1. The number of nitrogens with zero attached hydrogens (tertiary/aromatic N) is 2. The van der Waals surface area contributed by atoms with Crippen molar-refractivity contribution in [1.82, 2.24) is 9.88 Å². The molecule has 0 radical (unpaired) electrons. The number of likely N-dealkylation sites (tertiary alicyclic amines) is 1. The molecule has 0 N–H and O–H groups in total. The van der Waals surface area contributed by atoms with Gasteiger partial charge >= 0.3 is 0 Å². The molecule has 4 nitrogen and oxygen atoms in total. The van der Waals surface area contributed by atoms with Crippen LogP contribution in [0.3, 0.4) is 0 Å². The van der Waals surface area contributed by atoms with E-state index in [0.29, 0.717) is 17.3 Å². The number of para-hydroxylation sites is 1. The lowest BCUT2D eigenvalue weighted by Crippen LogP contribution is -2.43. The van der Waals surface area contributed by atoms with Crippen molar-refractivity contribution in [2.24, 2.45) is 0 Å². The lowest BCUT2D eigenvalue weighted by atomic mass is 10.1. The van der Waals surface area contributed by atoms with E-state index in [9.17, 15) is 4.79 Å². The highest BCUT2D eigenvalue weighted by Gasteiger charge is 2.25. The number of carbonyl (C=O) groups excluding carboxylic acids is 1. The molecule has 0 aliphatic carbocycles. The van der Waals surface area contributed by atoms with Gasteiger partial charge in [0.25, 0.3) is 5.91 Å². The first-order chi connectivity index (χ1) is 10.2. The quantitative estimate of drug-likeness (QED) is 0.856. The Bertz CT molecular complexity index is 674. The van der Waals surface area contributed by atoms with Gasteiger partial charge in [-0.15, -0.1) is 0 Å². The van der Waals surface area contributed by atoms with Crippen LogP contribution < -0.4 is 0 Å². The number of piperidine rings is 1. The highest BCUT2D eigenvalue weighted by molar-refractivity contribution is 6.35. The van der Waals surface area contributed by atoms with Crippen LogP contribution in [0.15, 0.2) is 30.3 Å². The Balaban J connectivity index is 1.91. The molecule has 1 fully saturated rings. The van der Waals surface area contributed by atoms with Crippen molar-refractivity contribution in [2.75, 3.05) is 20.2 Å². The SMILES string of the molecule is COC1CCCN(C(=O)c2cc(Cl)c3ccccc3n2)C1. The maximum absolute atomic E-state index is 12.6. The minimum Gasteiger partial charge on any atom is -0.380 e. The summed E-state index contributed by atoms with van der Waals surface area (Å²) in [6, 6.07) is 9.22. The molecule has 2 heterocycles. The summed E-state index contributed by atoms with van der Waals surface area (Å²) in [5.74, 6) is -0.0793. The molecule has 5 heteroatoms. The molecule has 0 spiro atoms. The van der Waals surface area contributed by atoms with Gasteiger partial charge in [0.2, 0.25) is 0 Å². The van der Waals surface area contributed by atoms with Crippen LogP contribution in [0.5, 0.6) is 0 Å². The lowest BCUT2D eigenvalue weighted by molar-refractivity contribution is 0.0266. The average molecular weight is 305 g/mol. The van der Waals surface area contributed by atoms with Gasteiger partial charge in [0.1, 0.15) is 5.69 Å². The molecule has 21 heavy (non-hydrogen) atoms. The van der Waals surface area contributed by atoms with E-state index < -0.39 is 0 Å². The molecule has 1 aliphatic rings. The second-order valence-electron chi connectivity index (χ2n) is 5.26. The molecule has 2 aromatic rings. The number of carbonyl (C=O) groups is 1. The predicted molar refractivity (Wildman–Crippen MR) is 82.7 cm³/mol. The summed E-state index contributed by atoms with van der Waals surface area (Å²) in [7, 11) is 1.68. The highest BCUT2D eigenvalue weighted by atomic mass is 35.5. The standard InChI is InChI=1S/C16H17ClN2O2/c1-21-11-5-4-8-19(10-11)16(20)15-9-13(17)12-6-2-3-7-14(12)18-15/h2-3,6-7,9,11H,4-5,8,10H2,1H3. The molecule has 1 unspecified atom stereocenters. The normalized spacial score (nSPS) is 19.0. The van der Waals surface area contributed by atoms with Crippen molar-refractivity contribution >= 4 is 28.4 Å². The Labute approximate surface area is 128 Å². The fourth-order valence-electron chi connectivity index (χ4n) is 2.72. The average Bonchev–Trinajstić information content (AvgIpc) is 2.54. The van der Waals surface area contributed by atoms with Crippen LogP contribution in [0.4, 0.5) is 0 Å². The summed E-state index contributed by atoms with van der Waals surface area (Å²) >= 11 is 6.27. The third kappa shape index (κ3) is 2.87. The minimum absolute atomic E-state index is 0.0793. The van der Waals surface area contributed by atoms with E-state index in [-0.39, 0.29) is 12.0 Å². The number of halogens is 1. The molecule has 3 rings (SSSR count). The highest BCUT2D eigenvalue weighted by Crippen LogP contribution is 2.24. The van der Waals surface area contributed by atoms with Gasteiger partial charge in [0.05, 0.1) is 16.6 Å². The summed E-state index contributed by atoms with van der Waals surface area (Å²) in [5, 5.41) is 1.42. The van der Waals surface area contributed by atoms with Gasteiger partial charge < -0.3 is 9.64 Å². The Kier molecular flexibility index (Phi) is 4.08. The fraction of sp³-hybridized carbons (Fsp3) is 0.375. The number of fused-ring (bicyclic) bond motifs is 1. The van der Waals surface area contributed by atoms with Gasteiger partial charge in [0.15, 0.2) is 0 Å². The van der Waals surface area contributed by atoms with Crippen LogP contribution in [-0.4, -0.2) is 42.1 Å². The number of hydrogen-bond donors (Lipinski definition) is 0. The number of rotatable bonds is 2. The molecule has 110 valence electrons. The molecule has 1 amide bonds. The Morgan fingerprint density at radius 1 is 1.43 bits per heavy atom. The van der Waals surface area contributed by atoms with Gasteiger partial charge in [-0.3, -0.25) is 4.79 Å². The molecule has 1 aromatic heterocycles. The molecular formula is C16H17ClN2O2. The summed E-state index contributed by atoms with van der Waals surface area (Å²) in [4.78, 5) is 18.8. The van der Waals surface area contributed by atoms with Crippen molar-refractivity contribution in [2.45, 2.75) is 18.9 Å². The van der Waals surface area contributed by atoms with Crippen LogP contribution in [-0.2, 0) is 4.74 Å². The summed E-state index contributed by atoms with van der Waals surface area (Å²) < 4.78 is 5.36. The van der Waals surface area contributed by atoms with Gasteiger partial charge in [-0.25, -0.2) is 4.98 Å². The zero-order valence-corrected chi connectivity index (χ0v) is 12.6.